The van der Waals surface area contributed by atoms with E-state index >= 15 is 0 Å². The van der Waals surface area contributed by atoms with E-state index in [4.69, 9.17) is 10.5 Å². The van der Waals surface area contributed by atoms with Crippen LogP contribution in [0.5, 0.6) is 0 Å². The van der Waals surface area contributed by atoms with Gasteiger partial charge < -0.3 is 15.3 Å². The molecule has 3 atom stereocenters. The molecule has 0 radical (unpaired) electrons. The molecule has 148 valence electrons. The van der Waals surface area contributed by atoms with Gasteiger partial charge in [-0.15, -0.1) is 0 Å². The first kappa shape index (κ1) is 21.3. The predicted molar refractivity (Wildman–Crippen MR) is 103 cm³/mol. The predicted octanol–water partition coefficient (Wildman–Crippen LogP) is 2.00. The molecular formula is C21H30N2O4. The molecule has 27 heavy (non-hydrogen) atoms. The molecule has 0 aromatic heterocycles. The van der Waals surface area contributed by atoms with Crippen molar-refractivity contribution >= 4 is 18.0 Å². The lowest BCUT2D eigenvalue weighted by atomic mass is 9.67. The van der Waals surface area contributed by atoms with E-state index < -0.39 is 23.5 Å². The van der Waals surface area contributed by atoms with Crippen molar-refractivity contribution in [2.24, 2.45) is 17.6 Å². The summed E-state index contributed by atoms with van der Waals surface area (Å²) < 4.78 is 5.53. The topological polar surface area (TPSA) is 98.5 Å². The van der Waals surface area contributed by atoms with Crippen molar-refractivity contribution in [3.05, 3.63) is 35.9 Å². The Morgan fingerprint density at radius 1 is 1.30 bits per heavy atom. The Kier molecular flexibility index (Phi) is 7.68. The van der Waals surface area contributed by atoms with Gasteiger partial charge >= 0.3 is 5.97 Å². The number of carbonyl (C=O) groups excluding carboxylic acids is 3. The summed E-state index contributed by atoms with van der Waals surface area (Å²) >= 11 is 0. The van der Waals surface area contributed by atoms with Crippen LogP contribution in [-0.4, -0.2) is 36.2 Å². The SMILES string of the molecule is CC(C)[C@H](N)C(=O)C1(NCC=O)CCCCC1C(=O)OCc1ccccc1. The number of nitrogens with two attached hydrogens (primary N) is 1. The molecule has 0 aliphatic heterocycles. The van der Waals surface area contributed by atoms with E-state index in [0.29, 0.717) is 19.1 Å². The summed E-state index contributed by atoms with van der Waals surface area (Å²) in [7, 11) is 0. The maximum Gasteiger partial charge on any atom is 0.311 e. The number of nitrogens with one attached hydrogen (secondary N) is 1. The van der Waals surface area contributed by atoms with Crippen LogP contribution in [0.15, 0.2) is 30.3 Å². The third-order valence-electron chi connectivity index (χ3n) is 5.38. The maximum atomic E-state index is 13.2. The fraction of sp³-hybridized carbons (Fsp3) is 0.571. The smallest absolute Gasteiger partial charge is 0.311 e. The second-order valence-corrected chi connectivity index (χ2v) is 7.54. The van der Waals surface area contributed by atoms with Crippen LogP contribution in [-0.2, 0) is 25.7 Å². The van der Waals surface area contributed by atoms with Gasteiger partial charge in [-0.2, -0.15) is 0 Å². The Labute approximate surface area is 160 Å². The van der Waals surface area contributed by atoms with Gasteiger partial charge in [-0.3, -0.25) is 14.9 Å². The van der Waals surface area contributed by atoms with Crippen molar-refractivity contribution in [1.82, 2.24) is 5.32 Å². The van der Waals surface area contributed by atoms with Crippen LogP contribution in [0.3, 0.4) is 0 Å². The monoisotopic (exact) mass is 374 g/mol. The summed E-state index contributed by atoms with van der Waals surface area (Å²) in [5, 5.41) is 3.05. The molecule has 0 bridgehead atoms. The standard InChI is InChI=1S/C21H30N2O4/c1-15(2)18(22)19(25)21(23-12-13-24)11-7-6-10-17(21)20(26)27-14-16-8-4-3-5-9-16/h3-5,8-9,13,15,17-18,23H,6-7,10-12,14,22H2,1-2H3/t17?,18-,21?/m0/s1. The van der Waals surface area contributed by atoms with Crippen LogP contribution in [0, 0.1) is 11.8 Å². The van der Waals surface area contributed by atoms with Crippen LogP contribution in [0.1, 0.15) is 45.1 Å². The third kappa shape index (κ3) is 5.02. The van der Waals surface area contributed by atoms with Crippen molar-refractivity contribution in [3.63, 3.8) is 0 Å². The van der Waals surface area contributed by atoms with Crippen molar-refractivity contribution in [3.8, 4) is 0 Å². The quantitative estimate of drug-likeness (QED) is 0.507. The van der Waals surface area contributed by atoms with Crippen LogP contribution in [0.4, 0.5) is 0 Å². The van der Waals surface area contributed by atoms with Crippen molar-refractivity contribution in [1.29, 1.82) is 0 Å². The third-order valence-corrected chi connectivity index (χ3v) is 5.38. The normalized spacial score (nSPS) is 23.6. The van der Waals surface area contributed by atoms with Gasteiger partial charge in [-0.1, -0.05) is 57.0 Å². The van der Waals surface area contributed by atoms with E-state index in [1.165, 1.54) is 0 Å². The molecule has 1 aromatic rings. The van der Waals surface area contributed by atoms with Gasteiger partial charge in [0.2, 0.25) is 0 Å². The fourth-order valence-corrected chi connectivity index (χ4v) is 3.74. The number of hydrogen-bond acceptors (Lipinski definition) is 6. The highest BCUT2D eigenvalue weighted by molar-refractivity contribution is 5.97. The van der Waals surface area contributed by atoms with Gasteiger partial charge in [0.05, 0.1) is 24.0 Å². The summed E-state index contributed by atoms with van der Waals surface area (Å²) in [5.74, 6) is -1.33. The van der Waals surface area contributed by atoms with Crippen LogP contribution in [0.25, 0.3) is 0 Å². The van der Waals surface area contributed by atoms with Crippen molar-refractivity contribution in [2.75, 3.05) is 6.54 Å². The Bertz CT molecular complexity index is 647. The van der Waals surface area contributed by atoms with Crippen LogP contribution in [0.2, 0.25) is 0 Å². The summed E-state index contributed by atoms with van der Waals surface area (Å²) in [6.07, 6.45) is 3.35. The molecule has 0 amide bonds. The maximum absolute atomic E-state index is 13.2. The number of carbonyl (C=O) groups is 3. The molecule has 0 saturated heterocycles. The number of hydrogen-bond donors (Lipinski definition) is 2. The highest BCUT2D eigenvalue weighted by Gasteiger charge is 2.52. The lowest BCUT2D eigenvalue weighted by Gasteiger charge is -2.43. The van der Waals surface area contributed by atoms with Gasteiger partial charge in [-0.05, 0) is 24.3 Å². The van der Waals surface area contributed by atoms with Crippen molar-refractivity contribution in [2.45, 2.75) is 57.7 Å². The first-order valence-corrected chi connectivity index (χ1v) is 9.61. The molecule has 1 aliphatic carbocycles. The minimum Gasteiger partial charge on any atom is -0.461 e. The lowest BCUT2D eigenvalue weighted by molar-refractivity contribution is -0.158. The number of ether oxygens (including phenoxy) is 1. The second-order valence-electron chi connectivity index (χ2n) is 7.54. The molecule has 3 N–H and O–H groups in total. The van der Waals surface area contributed by atoms with Gasteiger partial charge in [0.15, 0.2) is 5.78 Å². The Morgan fingerprint density at radius 3 is 2.63 bits per heavy atom. The van der Waals surface area contributed by atoms with E-state index in [0.717, 1.165) is 18.4 Å². The molecule has 6 heteroatoms. The zero-order chi connectivity index (χ0) is 19.9. The molecule has 1 saturated carbocycles. The highest BCUT2D eigenvalue weighted by atomic mass is 16.5. The summed E-state index contributed by atoms with van der Waals surface area (Å²) in [4.78, 5) is 37.1. The average molecular weight is 374 g/mol. The zero-order valence-electron chi connectivity index (χ0n) is 16.1. The van der Waals surface area contributed by atoms with E-state index in [-0.39, 0.29) is 24.9 Å². The largest absolute Gasteiger partial charge is 0.461 e. The van der Waals surface area contributed by atoms with Crippen LogP contribution >= 0.6 is 0 Å². The Balaban J connectivity index is 2.23. The van der Waals surface area contributed by atoms with E-state index in [9.17, 15) is 14.4 Å². The van der Waals surface area contributed by atoms with Gasteiger partial charge in [0.25, 0.3) is 0 Å². The first-order valence-electron chi connectivity index (χ1n) is 9.61. The van der Waals surface area contributed by atoms with Crippen LogP contribution < -0.4 is 11.1 Å². The van der Waals surface area contributed by atoms with Crippen molar-refractivity contribution < 1.29 is 19.1 Å². The minimum absolute atomic E-state index is 0.000972. The molecular weight excluding hydrogens is 344 g/mol. The van der Waals surface area contributed by atoms with E-state index in [2.05, 4.69) is 5.32 Å². The summed E-state index contributed by atoms with van der Waals surface area (Å²) in [6, 6.07) is 8.71. The highest BCUT2D eigenvalue weighted by Crippen LogP contribution is 2.37. The van der Waals surface area contributed by atoms with Gasteiger partial charge in [0.1, 0.15) is 12.9 Å². The lowest BCUT2D eigenvalue weighted by Crippen LogP contribution is -2.65. The summed E-state index contributed by atoms with van der Waals surface area (Å²) in [5.41, 5.74) is 5.89. The second kappa shape index (κ2) is 9.76. The zero-order valence-corrected chi connectivity index (χ0v) is 16.1. The Hall–Kier alpha value is -2.05. The fourth-order valence-electron chi connectivity index (χ4n) is 3.74. The van der Waals surface area contributed by atoms with E-state index in [1.54, 1.807) is 0 Å². The molecule has 1 aromatic carbocycles. The minimum atomic E-state index is -1.14. The number of benzene rings is 1. The molecule has 1 aliphatic rings. The number of ketones is 1. The first-order chi connectivity index (χ1) is 12.9. The average Bonchev–Trinajstić information content (AvgIpc) is 2.70. The molecule has 2 unspecified atom stereocenters. The number of aldehydes is 1. The van der Waals surface area contributed by atoms with Gasteiger partial charge in [-0.25, -0.2) is 0 Å². The van der Waals surface area contributed by atoms with Gasteiger partial charge in [0, 0.05) is 0 Å². The molecule has 0 spiro atoms. The number of esters is 1. The number of rotatable bonds is 9. The molecule has 2 rings (SSSR count). The summed E-state index contributed by atoms with van der Waals surface area (Å²) in [6.45, 7) is 3.91. The molecule has 6 nitrogen and oxygen atoms in total. The van der Waals surface area contributed by atoms with E-state index in [1.807, 2.05) is 44.2 Å². The number of Topliss-reactive ketones (excluding diaryl/α,β-unsaturated/α-hetero) is 1. The molecule has 1 fully saturated rings. The molecule has 0 heterocycles. The Morgan fingerprint density at radius 2 is 2.00 bits per heavy atom.